The number of anilines is 1. The number of rotatable bonds is 4. The van der Waals surface area contributed by atoms with Gasteiger partial charge in [-0.3, -0.25) is 9.48 Å². The topological polar surface area (TPSA) is 46.9 Å². The molecule has 1 amide bonds. The molecule has 0 radical (unpaired) electrons. The van der Waals surface area contributed by atoms with E-state index in [1.807, 2.05) is 37.3 Å². The van der Waals surface area contributed by atoms with Gasteiger partial charge in [-0.25, -0.2) is 0 Å². The monoisotopic (exact) mass is 295 g/mol. The Morgan fingerprint density at radius 1 is 1.47 bits per heavy atom. The average molecular weight is 296 g/mol. The summed E-state index contributed by atoms with van der Waals surface area (Å²) in [6.45, 7) is 1.89. The fourth-order valence-electron chi connectivity index (χ4n) is 1.61. The van der Waals surface area contributed by atoms with Gasteiger partial charge in [0, 0.05) is 23.0 Å². The fourth-order valence-corrected chi connectivity index (χ4v) is 2.62. The number of carbonyl (C=O) groups excluding carboxylic acids is 1. The van der Waals surface area contributed by atoms with Crippen LogP contribution in [0.15, 0.2) is 35.2 Å². The van der Waals surface area contributed by atoms with Crippen molar-refractivity contribution < 1.29 is 4.79 Å². The summed E-state index contributed by atoms with van der Waals surface area (Å²) in [5.41, 5.74) is 0.875. The average Bonchev–Trinajstić information content (AvgIpc) is 2.65. The summed E-state index contributed by atoms with van der Waals surface area (Å²) in [6.07, 6.45) is 0. The fraction of sp³-hybridized carbons (Fsp3) is 0.231. The van der Waals surface area contributed by atoms with Gasteiger partial charge in [0.2, 0.25) is 5.91 Å². The summed E-state index contributed by atoms with van der Waals surface area (Å²) >= 11 is 7.34. The van der Waals surface area contributed by atoms with Crippen molar-refractivity contribution in [2.75, 3.05) is 11.1 Å². The lowest BCUT2D eigenvalue weighted by molar-refractivity contribution is -0.113. The van der Waals surface area contributed by atoms with Gasteiger partial charge < -0.3 is 5.32 Å². The molecule has 0 saturated carbocycles. The molecule has 0 aliphatic carbocycles. The molecule has 1 aromatic heterocycles. The van der Waals surface area contributed by atoms with Gasteiger partial charge in [0.05, 0.1) is 11.4 Å². The number of amides is 1. The van der Waals surface area contributed by atoms with Crippen LogP contribution in [0.3, 0.4) is 0 Å². The SMILES string of the molecule is Cc1cc(NC(=O)CSc2cccc(Cl)c2)n(C)n1. The molecule has 2 aromatic rings. The van der Waals surface area contributed by atoms with E-state index in [0.717, 1.165) is 10.6 Å². The first-order chi connectivity index (χ1) is 9.04. The number of nitrogens with zero attached hydrogens (tertiary/aromatic N) is 2. The van der Waals surface area contributed by atoms with E-state index in [9.17, 15) is 4.79 Å². The van der Waals surface area contributed by atoms with Crippen molar-refractivity contribution >= 4 is 35.1 Å². The number of aromatic nitrogens is 2. The van der Waals surface area contributed by atoms with E-state index in [2.05, 4.69) is 10.4 Å². The van der Waals surface area contributed by atoms with Gasteiger partial charge in [-0.2, -0.15) is 5.10 Å². The molecule has 2 rings (SSSR count). The minimum absolute atomic E-state index is 0.0621. The van der Waals surface area contributed by atoms with Crippen LogP contribution in [-0.4, -0.2) is 21.4 Å². The maximum Gasteiger partial charge on any atom is 0.235 e. The molecule has 100 valence electrons. The van der Waals surface area contributed by atoms with Gasteiger partial charge in [-0.1, -0.05) is 17.7 Å². The number of halogens is 1. The van der Waals surface area contributed by atoms with Gasteiger partial charge in [0.15, 0.2) is 0 Å². The first kappa shape index (κ1) is 14.0. The Balaban J connectivity index is 1.90. The number of thioether (sulfide) groups is 1. The molecule has 0 aliphatic heterocycles. The minimum Gasteiger partial charge on any atom is -0.310 e. The van der Waals surface area contributed by atoms with Crippen LogP contribution in [-0.2, 0) is 11.8 Å². The Labute approximate surface area is 121 Å². The van der Waals surface area contributed by atoms with Crippen LogP contribution in [0.5, 0.6) is 0 Å². The molecular formula is C13H14ClN3OS. The summed E-state index contributed by atoms with van der Waals surface area (Å²) in [5, 5.41) is 7.67. The molecule has 1 aromatic carbocycles. The van der Waals surface area contributed by atoms with Gasteiger partial charge >= 0.3 is 0 Å². The first-order valence-corrected chi connectivity index (χ1v) is 7.10. The summed E-state index contributed by atoms with van der Waals surface area (Å²) in [5.74, 6) is 0.979. The smallest absolute Gasteiger partial charge is 0.235 e. The molecule has 19 heavy (non-hydrogen) atoms. The zero-order valence-corrected chi connectivity index (χ0v) is 12.3. The lowest BCUT2D eigenvalue weighted by Crippen LogP contribution is -2.16. The molecule has 0 aliphatic rings. The van der Waals surface area contributed by atoms with Crippen molar-refractivity contribution in [3.8, 4) is 0 Å². The van der Waals surface area contributed by atoms with Crippen molar-refractivity contribution in [1.82, 2.24) is 9.78 Å². The van der Waals surface area contributed by atoms with E-state index in [4.69, 9.17) is 11.6 Å². The molecule has 0 spiro atoms. The molecule has 1 heterocycles. The van der Waals surface area contributed by atoms with Crippen LogP contribution in [0.25, 0.3) is 0 Å². The van der Waals surface area contributed by atoms with Crippen LogP contribution in [0.1, 0.15) is 5.69 Å². The molecule has 6 heteroatoms. The zero-order chi connectivity index (χ0) is 13.8. The summed E-state index contributed by atoms with van der Waals surface area (Å²) in [6, 6.07) is 9.28. The normalized spacial score (nSPS) is 10.5. The molecule has 4 nitrogen and oxygen atoms in total. The van der Waals surface area contributed by atoms with Crippen LogP contribution >= 0.6 is 23.4 Å². The summed E-state index contributed by atoms with van der Waals surface area (Å²) in [7, 11) is 1.80. The van der Waals surface area contributed by atoms with Crippen LogP contribution in [0, 0.1) is 6.92 Å². The van der Waals surface area contributed by atoms with E-state index >= 15 is 0 Å². The van der Waals surface area contributed by atoms with Crippen molar-refractivity contribution in [2.24, 2.45) is 7.05 Å². The Kier molecular flexibility index (Phi) is 4.50. The van der Waals surface area contributed by atoms with E-state index in [1.165, 1.54) is 11.8 Å². The van der Waals surface area contributed by atoms with Crippen molar-refractivity contribution in [3.63, 3.8) is 0 Å². The maximum atomic E-state index is 11.8. The number of benzene rings is 1. The van der Waals surface area contributed by atoms with Crippen LogP contribution in [0.4, 0.5) is 5.82 Å². The minimum atomic E-state index is -0.0621. The number of aryl methyl sites for hydroxylation is 2. The Bertz CT molecular complexity index is 597. The van der Waals surface area contributed by atoms with Crippen molar-refractivity contribution in [3.05, 3.63) is 41.0 Å². The highest BCUT2D eigenvalue weighted by Crippen LogP contribution is 2.21. The molecular weight excluding hydrogens is 282 g/mol. The Hall–Kier alpha value is -1.46. The zero-order valence-electron chi connectivity index (χ0n) is 10.7. The maximum absolute atomic E-state index is 11.8. The van der Waals surface area contributed by atoms with Gasteiger partial charge in [-0.05, 0) is 25.1 Å². The van der Waals surface area contributed by atoms with Gasteiger partial charge in [0.1, 0.15) is 5.82 Å². The Morgan fingerprint density at radius 3 is 2.89 bits per heavy atom. The highest BCUT2D eigenvalue weighted by Gasteiger charge is 2.07. The third kappa shape index (κ3) is 4.01. The van der Waals surface area contributed by atoms with Gasteiger partial charge in [0.25, 0.3) is 0 Å². The lowest BCUT2D eigenvalue weighted by atomic mass is 10.4. The highest BCUT2D eigenvalue weighted by atomic mass is 35.5. The summed E-state index contributed by atoms with van der Waals surface area (Å²) in [4.78, 5) is 12.8. The predicted molar refractivity (Wildman–Crippen MR) is 78.8 cm³/mol. The third-order valence-electron chi connectivity index (χ3n) is 2.44. The third-order valence-corrected chi connectivity index (χ3v) is 3.66. The predicted octanol–water partition coefficient (Wildman–Crippen LogP) is 3.11. The second-order valence-electron chi connectivity index (χ2n) is 4.09. The molecule has 1 N–H and O–H groups in total. The van der Waals surface area contributed by atoms with E-state index in [-0.39, 0.29) is 5.91 Å². The number of carbonyl (C=O) groups is 1. The first-order valence-electron chi connectivity index (χ1n) is 5.73. The van der Waals surface area contributed by atoms with Crippen molar-refractivity contribution in [2.45, 2.75) is 11.8 Å². The number of hydrogen-bond acceptors (Lipinski definition) is 3. The second kappa shape index (κ2) is 6.12. The lowest BCUT2D eigenvalue weighted by Gasteiger charge is -2.05. The van der Waals surface area contributed by atoms with E-state index in [0.29, 0.717) is 16.6 Å². The van der Waals surface area contributed by atoms with Crippen LogP contribution < -0.4 is 5.32 Å². The van der Waals surface area contributed by atoms with E-state index < -0.39 is 0 Å². The highest BCUT2D eigenvalue weighted by molar-refractivity contribution is 8.00. The largest absolute Gasteiger partial charge is 0.310 e. The van der Waals surface area contributed by atoms with E-state index in [1.54, 1.807) is 11.7 Å². The molecule has 0 bridgehead atoms. The van der Waals surface area contributed by atoms with Crippen LogP contribution in [0.2, 0.25) is 5.02 Å². The second-order valence-corrected chi connectivity index (χ2v) is 5.57. The van der Waals surface area contributed by atoms with Crippen molar-refractivity contribution in [1.29, 1.82) is 0 Å². The quantitative estimate of drug-likeness (QED) is 0.882. The standard InChI is InChI=1S/C13H14ClN3OS/c1-9-6-12(17(2)16-9)15-13(18)8-19-11-5-3-4-10(14)7-11/h3-7H,8H2,1-2H3,(H,15,18). The molecule has 0 saturated heterocycles. The molecule has 0 unspecified atom stereocenters. The Morgan fingerprint density at radius 2 is 2.26 bits per heavy atom. The number of nitrogens with one attached hydrogen (secondary N) is 1. The molecule has 0 atom stereocenters. The molecule has 0 fully saturated rings. The van der Waals surface area contributed by atoms with Gasteiger partial charge in [-0.15, -0.1) is 11.8 Å². The summed E-state index contributed by atoms with van der Waals surface area (Å²) < 4.78 is 1.65. The number of hydrogen-bond donors (Lipinski definition) is 1.